The van der Waals surface area contributed by atoms with Gasteiger partial charge in [-0.2, -0.15) is 4.31 Å². The Hall–Kier alpha value is -1.35. The van der Waals surface area contributed by atoms with Gasteiger partial charge in [0.05, 0.1) is 16.9 Å². The maximum atomic E-state index is 13.3. The van der Waals surface area contributed by atoms with Gasteiger partial charge in [-0.25, -0.2) is 8.42 Å². The van der Waals surface area contributed by atoms with Crippen molar-refractivity contribution in [2.24, 2.45) is 11.8 Å². The van der Waals surface area contributed by atoms with Crippen LogP contribution in [0.25, 0.3) is 0 Å². The highest BCUT2D eigenvalue weighted by molar-refractivity contribution is 7.89. The Kier molecular flexibility index (Phi) is 7.88. The maximum Gasteiger partial charge on any atom is 0.244 e. The minimum atomic E-state index is -3.84. The molecule has 0 radical (unpaired) electrons. The number of benzene rings is 1. The van der Waals surface area contributed by atoms with Crippen LogP contribution < -0.4 is 5.32 Å². The molecule has 7 nitrogen and oxygen atoms in total. The largest absolute Gasteiger partial charge is 0.353 e. The van der Waals surface area contributed by atoms with Crippen LogP contribution >= 0.6 is 23.2 Å². The Balaban J connectivity index is 1.40. The fourth-order valence-corrected chi connectivity index (χ4v) is 7.49. The minimum Gasteiger partial charge on any atom is -0.353 e. The molecule has 2 saturated heterocycles. The SMILES string of the molecule is O=C(NC1CCCC1)C1CCCN(C(=O)C2CCCN(S(=O)(=O)c3ccc(Cl)cc3Cl)C2)C1. The lowest BCUT2D eigenvalue weighted by Gasteiger charge is -2.37. The molecule has 10 heteroatoms. The molecule has 1 saturated carbocycles. The number of amides is 2. The number of nitrogens with zero attached hydrogens (tertiary/aromatic N) is 2. The van der Waals surface area contributed by atoms with Gasteiger partial charge in [-0.1, -0.05) is 36.0 Å². The molecule has 2 aliphatic heterocycles. The van der Waals surface area contributed by atoms with Gasteiger partial charge in [-0.05, 0) is 56.7 Å². The Bertz CT molecular complexity index is 997. The molecule has 3 fully saturated rings. The van der Waals surface area contributed by atoms with Gasteiger partial charge in [0.2, 0.25) is 21.8 Å². The number of nitrogens with one attached hydrogen (secondary N) is 1. The summed E-state index contributed by atoms with van der Waals surface area (Å²) in [6.07, 6.45) is 7.17. The summed E-state index contributed by atoms with van der Waals surface area (Å²) < 4.78 is 27.7. The van der Waals surface area contributed by atoms with Gasteiger partial charge in [0.1, 0.15) is 4.90 Å². The van der Waals surface area contributed by atoms with Crippen LogP contribution in [0.3, 0.4) is 0 Å². The number of sulfonamides is 1. The monoisotopic (exact) mass is 515 g/mol. The number of likely N-dealkylation sites (tertiary alicyclic amines) is 1. The van der Waals surface area contributed by atoms with Crippen molar-refractivity contribution in [3.63, 3.8) is 0 Å². The van der Waals surface area contributed by atoms with Crippen molar-refractivity contribution in [2.75, 3.05) is 26.2 Å². The zero-order valence-electron chi connectivity index (χ0n) is 18.6. The van der Waals surface area contributed by atoms with E-state index in [0.717, 1.165) is 38.5 Å². The van der Waals surface area contributed by atoms with Gasteiger partial charge in [0, 0.05) is 37.2 Å². The molecule has 33 heavy (non-hydrogen) atoms. The van der Waals surface area contributed by atoms with Crippen molar-refractivity contribution >= 4 is 45.0 Å². The summed E-state index contributed by atoms with van der Waals surface area (Å²) in [4.78, 5) is 27.8. The van der Waals surface area contributed by atoms with Crippen LogP contribution in [0.1, 0.15) is 51.4 Å². The first kappa shape index (κ1) is 24.8. The average molecular weight is 516 g/mol. The Morgan fingerprint density at radius 1 is 0.909 bits per heavy atom. The third-order valence-electron chi connectivity index (χ3n) is 7.05. The van der Waals surface area contributed by atoms with Crippen LogP contribution in [0.15, 0.2) is 23.1 Å². The third kappa shape index (κ3) is 5.66. The van der Waals surface area contributed by atoms with Crippen LogP contribution in [-0.2, 0) is 19.6 Å². The zero-order valence-corrected chi connectivity index (χ0v) is 21.0. The lowest BCUT2D eigenvalue weighted by atomic mass is 9.93. The second-order valence-corrected chi connectivity index (χ2v) is 12.1. The summed E-state index contributed by atoms with van der Waals surface area (Å²) >= 11 is 12.1. The van der Waals surface area contributed by atoms with Gasteiger partial charge in [-0.3, -0.25) is 9.59 Å². The smallest absolute Gasteiger partial charge is 0.244 e. The Morgan fingerprint density at radius 3 is 2.33 bits per heavy atom. The normalized spacial score (nSPS) is 25.2. The maximum absolute atomic E-state index is 13.3. The third-order valence-corrected chi connectivity index (χ3v) is 9.63. The number of hydrogen-bond acceptors (Lipinski definition) is 4. The predicted molar refractivity (Wildman–Crippen MR) is 128 cm³/mol. The zero-order chi connectivity index (χ0) is 23.6. The predicted octanol–water partition coefficient (Wildman–Crippen LogP) is 3.69. The highest BCUT2D eigenvalue weighted by Crippen LogP contribution is 2.31. The van der Waals surface area contributed by atoms with Gasteiger partial charge in [-0.15, -0.1) is 0 Å². The van der Waals surface area contributed by atoms with Crippen molar-refractivity contribution in [3.8, 4) is 0 Å². The number of piperidine rings is 2. The number of carbonyl (C=O) groups excluding carboxylic acids is 2. The van der Waals surface area contributed by atoms with E-state index in [-0.39, 0.29) is 40.2 Å². The number of rotatable bonds is 5. The second-order valence-electron chi connectivity index (χ2n) is 9.39. The van der Waals surface area contributed by atoms with Gasteiger partial charge in [0.25, 0.3) is 0 Å². The summed E-state index contributed by atoms with van der Waals surface area (Å²) in [7, 11) is -3.84. The Morgan fingerprint density at radius 2 is 1.61 bits per heavy atom. The summed E-state index contributed by atoms with van der Waals surface area (Å²) in [6, 6.07) is 4.58. The Labute approximate surface area is 205 Å². The molecule has 182 valence electrons. The van der Waals surface area contributed by atoms with E-state index in [9.17, 15) is 18.0 Å². The van der Waals surface area contributed by atoms with E-state index < -0.39 is 15.9 Å². The fourth-order valence-electron chi connectivity index (χ4n) is 5.22. The van der Waals surface area contributed by atoms with Crippen molar-refractivity contribution in [1.29, 1.82) is 0 Å². The molecular weight excluding hydrogens is 485 g/mol. The van der Waals surface area contributed by atoms with E-state index in [1.165, 1.54) is 22.5 Å². The van der Waals surface area contributed by atoms with E-state index >= 15 is 0 Å². The molecule has 1 aromatic rings. The number of carbonyl (C=O) groups is 2. The van der Waals surface area contributed by atoms with E-state index in [1.54, 1.807) is 4.90 Å². The highest BCUT2D eigenvalue weighted by atomic mass is 35.5. The fraction of sp³-hybridized carbons (Fsp3) is 0.652. The second kappa shape index (κ2) is 10.5. The molecule has 2 atom stereocenters. The number of hydrogen-bond donors (Lipinski definition) is 1. The molecular formula is C23H31Cl2N3O4S. The van der Waals surface area contributed by atoms with Crippen molar-refractivity contribution < 1.29 is 18.0 Å². The molecule has 2 heterocycles. The highest BCUT2D eigenvalue weighted by Gasteiger charge is 2.38. The van der Waals surface area contributed by atoms with Crippen molar-refractivity contribution in [1.82, 2.24) is 14.5 Å². The minimum absolute atomic E-state index is 0.00304. The van der Waals surface area contributed by atoms with Gasteiger partial charge in [0.15, 0.2) is 0 Å². The molecule has 3 aliphatic rings. The van der Waals surface area contributed by atoms with Crippen LogP contribution in [-0.4, -0.2) is 61.7 Å². The van der Waals surface area contributed by atoms with Crippen molar-refractivity contribution in [3.05, 3.63) is 28.2 Å². The van der Waals surface area contributed by atoms with Crippen LogP contribution in [0.4, 0.5) is 0 Å². The molecule has 0 spiro atoms. The molecule has 4 rings (SSSR count). The summed E-state index contributed by atoms with van der Waals surface area (Å²) in [5.41, 5.74) is 0. The first-order valence-electron chi connectivity index (χ1n) is 11.8. The van der Waals surface area contributed by atoms with Crippen LogP contribution in [0, 0.1) is 11.8 Å². The molecule has 0 bridgehead atoms. The van der Waals surface area contributed by atoms with Crippen molar-refractivity contribution in [2.45, 2.75) is 62.3 Å². The quantitative estimate of drug-likeness (QED) is 0.647. The van der Waals surface area contributed by atoms with Crippen LogP contribution in [0.2, 0.25) is 10.0 Å². The number of halogens is 2. The van der Waals surface area contributed by atoms with Crippen LogP contribution in [0.5, 0.6) is 0 Å². The lowest BCUT2D eigenvalue weighted by molar-refractivity contribution is -0.140. The summed E-state index contributed by atoms with van der Waals surface area (Å²) in [5.74, 6) is -0.629. The van der Waals surface area contributed by atoms with Gasteiger partial charge < -0.3 is 10.2 Å². The molecule has 1 aliphatic carbocycles. The first-order chi connectivity index (χ1) is 15.8. The lowest BCUT2D eigenvalue weighted by Crippen LogP contribution is -2.51. The summed E-state index contributed by atoms with van der Waals surface area (Å²) in [5, 5.41) is 3.59. The van der Waals surface area contributed by atoms with E-state index in [1.807, 2.05) is 0 Å². The molecule has 0 aromatic heterocycles. The first-order valence-corrected chi connectivity index (χ1v) is 14.0. The van der Waals surface area contributed by atoms with E-state index in [4.69, 9.17) is 23.2 Å². The van der Waals surface area contributed by atoms with E-state index in [2.05, 4.69) is 5.32 Å². The topological polar surface area (TPSA) is 86.8 Å². The van der Waals surface area contributed by atoms with Gasteiger partial charge >= 0.3 is 0 Å². The summed E-state index contributed by atoms with van der Waals surface area (Å²) in [6.45, 7) is 1.48. The molecule has 2 unspecified atom stereocenters. The van der Waals surface area contributed by atoms with E-state index in [0.29, 0.717) is 37.5 Å². The standard InChI is InChI=1S/C23H31Cl2N3O4S/c24-18-9-10-21(20(25)13-18)33(31,32)28-12-4-6-17(15-28)23(30)27-11-3-5-16(14-27)22(29)26-19-7-1-2-8-19/h9-10,13,16-17,19H,1-8,11-12,14-15H2,(H,26,29). The molecule has 1 N–H and O–H groups in total. The molecule has 1 aromatic carbocycles. The average Bonchev–Trinajstić information content (AvgIpc) is 3.31. The molecule has 2 amide bonds.